The van der Waals surface area contributed by atoms with Crippen LogP contribution in [0.2, 0.25) is 5.02 Å². The Bertz CT molecular complexity index is 578. The predicted octanol–water partition coefficient (Wildman–Crippen LogP) is 1.44. The smallest absolute Gasteiger partial charge is 0.242 e. The molecule has 1 atom stereocenters. The van der Waals surface area contributed by atoms with E-state index in [4.69, 9.17) is 11.6 Å². The van der Waals surface area contributed by atoms with Gasteiger partial charge in [0.15, 0.2) is 0 Å². The van der Waals surface area contributed by atoms with Gasteiger partial charge in [0.05, 0.1) is 19.1 Å². The molecular weight excluding hydrogens is 302 g/mol. The highest BCUT2D eigenvalue weighted by Crippen LogP contribution is 2.35. The van der Waals surface area contributed by atoms with Gasteiger partial charge in [-0.3, -0.25) is 9.59 Å². The van der Waals surface area contributed by atoms with Crippen molar-refractivity contribution in [2.24, 2.45) is 0 Å². The summed E-state index contributed by atoms with van der Waals surface area (Å²) in [5, 5.41) is 3.72. The third-order valence-corrected chi connectivity index (χ3v) is 4.70. The molecule has 6 heteroatoms. The van der Waals surface area contributed by atoms with Crippen molar-refractivity contribution in [3.8, 4) is 0 Å². The SMILES string of the molecule is O=C1CNCCN1CC(=O)N1CCC[C@H]1c1ccccc1Cl. The van der Waals surface area contributed by atoms with Gasteiger partial charge in [0.1, 0.15) is 0 Å². The van der Waals surface area contributed by atoms with Crippen LogP contribution in [0.1, 0.15) is 24.4 Å². The van der Waals surface area contributed by atoms with Crippen LogP contribution in [-0.4, -0.2) is 54.3 Å². The summed E-state index contributed by atoms with van der Waals surface area (Å²) in [6.07, 6.45) is 1.89. The van der Waals surface area contributed by atoms with Crippen molar-refractivity contribution in [2.45, 2.75) is 18.9 Å². The van der Waals surface area contributed by atoms with Gasteiger partial charge in [-0.2, -0.15) is 0 Å². The molecule has 0 aromatic heterocycles. The quantitative estimate of drug-likeness (QED) is 0.916. The van der Waals surface area contributed by atoms with Crippen LogP contribution in [0.15, 0.2) is 24.3 Å². The van der Waals surface area contributed by atoms with Gasteiger partial charge in [0, 0.05) is 24.7 Å². The summed E-state index contributed by atoms with van der Waals surface area (Å²) in [7, 11) is 0. The maximum atomic E-state index is 12.6. The summed E-state index contributed by atoms with van der Waals surface area (Å²) in [5.41, 5.74) is 1.00. The number of halogens is 1. The van der Waals surface area contributed by atoms with Crippen LogP contribution in [0, 0.1) is 0 Å². The number of hydrogen-bond acceptors (Lipinski definition) is 3. The zero-order chi connectivity index (χ0) is 15.5. The molecular formula is C16H20ClN3O2. The lowest BCUT2D eigenvalue weighted by Gasteiger charge is -2.31. The molecule has 2 aliphatic rings. The maximum Gasteiger partial charge on any atom is 0.242 e. The first-order valence-corrected chi connectivity index (χ1v) is 8.07. The number of hydrogen-bond donors (Lipinski definition) is 1. The summed E-state index contributed by atoms with van der Waals surface area (Å²) < 4.78 is 0. The fourth-order valence-electron chi connectivity index (χ4n) is 3.20. The molecule has 2 fully saturated rings. The van der Waals surface area contributed by atoms with E-state index in [9.17, 15) is 9.59 Å². The number of rotatable bonds is 3. The highest BCUT2D eigenvalue weighted by molar-refractivity contribution is 6.31. The largest absolute Gasteiger partial charge is 0.334 e. The normalized spacial score (nSPS) is 22.2. The van der Waals surface area contributed by atoms with E-state index in [1.807, 2.05) is 29.2 Å². The summed E-state index contributed by atoms with van der Waals surface area (Å²) in [6.45, 7) is 2.56. The molecule has 0 spiro atoms. The molecule has 0 bridgehead atoms. The van der Waals surface area contributed by atoms with Crippen molar-refractivity contribution < 1.29 is 9.59 Å². The Hall–Kier alpha value is -1.59. The number of nitrogens with zero attached hydrogens (tertiary/aromatic N) is 2. The van der Waals surface area contributed by atoms with Crippen molar-refractivity contribution in [3.05, 3.63) is 34.9 Å². The number of carbonyl (C=O) groups excluding carboxylic acids is 2. The molecule has 2 saturated heterocycles. The van der Waals surface area contributed by atoms with Gasteiger partial charge in [-0.1, -0.05) is 29.8 Å². The van der Waals surface area contributed by atoms with Gasteiger partial charge in [-0.25, -0.2) is 0 Å². The molecule has 0 saturated carbocycles. The molecule has 0 unspecified atom stereocenters. The standard InChI is InChI=1S/C16H20ClN3O2/c17-13-5-2-1-4-12(13)14-6-3-8-20(14)16(22)11-19-9-7-18-10-15(19)21/h1-2,4-5,14,18H,3,6-11H2/t14-/m0/s1. The van der Waals surface area contributed by atoms with E-state index in [0.717, 1.165) is 31.5 Å². The predicted molar refractivity (Wildman–Crippen MR) is 84.6 cm³/mol. The molecule has 5 nitrogen and oxygen atoms in total. The second-order valence-corrected chi connectivity index (χ2v) is 6.17. The lowest BCUT2D eigenvalue weighted by Crippen LogP contribution is -2.51. The van der Waals surface area contributed by atoms with E-state index in [1.165, 1.54) is 0 Å². The maximum absolute atomic E-state index is 12.6. The minimum Gasteiger partial charge on any atom is -0.334 e. The first kappa shape index (κ1) is 15.3. The van der Waals surface area contributed by atoms with Gasteiger partial charge in [-0.05, 0) is 24.5 Å². The fourth-order valence-corrected chi connectivity index (χ4v) is 3.46. The molecule has 1 aromatic rings. The molecule has 2 aliphatic heterocycles. The molecule has 22 heavy (non-hydrogen) atoms. The monoisotopic (exact) mass is 321 g/mol. The van der Waals surface area contributed by atoms with Crippen molar-refractivity contribution >= 4 is 23.4 Å². The third kappa shape index (κ3) is 3.10. The molecule has 3 rings (SSSR count). The highest BCUT2D eigenvalue weighted by Gasteiger charge is 2.32. The summed E-state index contributed by atoms with van der Waals surface area (Å²) in [5.74, 6) is 0.00533. The lowest BCUT2D eigenvalue weighted by molar-refractivity contribution is -0.141. The van der Waals surface area contributed by atoms with Crippen molar-refractivity contribution in [1.82, 2.24) is 15.1 Å². The fraction of sp³-hybridized carbons (Fsp3) is 0.500. The zero-order valence-corrected chi connectivity index (χ0v) is 13.2. The van der Waals surface area contributed by atoms with Gasteiger partial charge < -0.3 is 15.1 Å². The van der Waals surface area contributed by atoms with E-state index in [-0.39, 0.29) is 24.4 Å². The van der Waals surface area contributed by atoms with Gasteiger partial charge in [0.2, 0.25) is 11.8 Å². The van der Waals surface area contributed by atoms with Crippen LogP contribution in [0.5, 0.6) is 0 Å². The Kier molecular flexibility index (Phi) is 4.64. The number of benzene rings is 1. The first-order valence-electron chi connectivity index (χ1n) is 7.69. The van der Waals surface area contributed by atoms with Gasteiger partial charge in [-0.15, -0.1) is 0 Å². The van der Waals surface area contributed by atoms with Crippen molar-refractivity contribution in [3.63, 3.8) is 0 Å². The van der Waals surface area contributed by atoms with E-state index in [1.54, 1.807) is 4.90 Å². The second-order valence-electron chi connectivity index (χ2n) is 5.76. The van der Waals surface area contributed by atoms with Crippen LogP contribution in [-0.2, 0) is 9.59 Å². The summed E-state index contributed by atoms with van der Waals surface area (Å²) in [6, 6.07) is 7.71. The highest BCUT2D eigenvalue weighted by atomic mass is 35.5. The van der Waals surface area contributed by atoms with Crippen molar-refractivity contribution in [1.29, 1.82) is 0 Å². The topological polar surface area (TPSA) is 52.7 Å². The second kappa shape index (κ2) is 6.67. The van der Waals surface area contributed by atoms with Crippen LogP contribution in [0.25, 0.3) is 0 Å². The Morgan fingerprint density at radius 1 is 1.32 bits per heavy atom. The van der Waals surface area contributed by atoms with Crippen LogP contribution >= 0.6 is 11.6 Å². The Morgan fingerprint density at radius 3 is 2.91 bits per heavy atom. The first-order chi connectivity index (χ1) is 10.7. The number of piperazine rings is 1. The molecule has 1 aromatic carbocycles. The molecule has 0 aliphatic carbocycles. The Balaban J connectivity index is 1.71. The van der Waals surface area contributed by atoms with E-state index < -0.39 is 0 Å². The average molecular weight is 322 g/mol. The molecule has 2 amide bonds. The molecule has 118 valence electrons. The number of likely N-dealkylation sites (tertiary alicyclic amines) is 1. The minimum atomic E-state index is -0.00640. The average Bonchev–Trinajstić information content (AvgIpc) is 2.99. The number of carbonyl (C=O) groups is 2. The number of nitrogens with one attached hydrogen (secondary N) is 1. The third-order valence-electron chi connectivity index (χ3n) is 4.35. The van der Waals surface area contributed by atoms with Gasteiger partial charge in [0.25, 0.3) is 0 Å². The summed E-state index contributed by atoms with van der Waals surface area (Å²) >= 11 is 6.28. The van der Waals surface area contributed by atoms with E-state index in [0.29, 0.717) is 18.1 Å². The van der Waals surface area contributed by atoms with Crippen LogP contribution in [0.4, 0.5) is 0 Å². The van der Waals surface area contributed by atoms with E-state index >= 15 is 0 Å². The van der Waals surface area contributed by atoms with Gasteiger partial charge >= 0.3 is 0 Å². The Morgan fingerprint density at radius 2 is 2.14 bits per heavy atom. The Labute approximate surface area is 135 Å². The minimum absolute atomic E-state index is 0.00640. The lowest BCUT2D eigenvalue weighted by atomic mass is 10.0. The van der Waals surface area contributed by atoms with Crippen molar-refractivity contribution in [2.75, 3.05) is 32.7 Å². The van der Waals surface area contributed by atoms with Crippen LogP contribution < -0.4 is 5.32 Å². The molecule has 2 heterocycles. The molecule has 1 N–H and O–H groups in total. The summed E-state index contributed by atoms with van der Waals surface area (Å²) in [4.78, 5) is 28.0. The number of amides is 2. The van der Waals surface area contributed by atoms with E-state index in [2.05, 4.69) is 5.32 Å². The zero-order valence-electron chi connectivity index (χ0n) is 12.4. The van der Waals surface area contributed by atoms with Crippen LogP contribution in [0.3, 0.4) is 0 Å². The molecule has 0 radical (unpaired) electrons.